The van der Waals surface area contributed by atoms with Gasteiger partial charge in [0.2, 0.25) is 0 Å². The molecule has 0 aliphatic rings. The van der Waals surface area contributed by atoms with Crippen LogP contribution in [0.2, 0.25) is 0 Å². The lowest BCUT2D eigenvalue weighted by Crippen LogP contribution is -2.10. The van der Waals surface area contributed by atoms with Crippen LogP contribution in [0.4, 0.5) is 13.2 Å². The van der Waals surface area contributed by atoms with E-state index in [2.05, 4.69) is 11.9 Å². The molecule has 0 unspecified atom stereocenters. The van der Waals surface area contributed by atoms with Crippen LogP contribution in [0.5, 0.6) is 0 Å². The highest BCUT2D eigenvalue weighted by Gasteiger charge is 2.32. The summed E-state index contributed by atoms with van der Waals surface area (Å²) in [6, 6.07) is 4.03. The summed E-state index contributed by atoms with van der Waals surface area (Å²) >= 11 is 0. The maximum atomic E-state index is 12.3. The van der Waals surface area contributed by atoms with Gasteiger partial charge in [0, 0.05) is 5.69 Å². The molecule has 0 fully saturated rings. The van der Waals surface area contributed by atoms with Crippen LogP contribution in [-0.4, -0.2) is 4.98 Å². The molecule has 0 spiro atoms. The minimum absolute atomic E-state index is 0.0516. The van der Waals surface area contributed by atoms with E-state index in [-0.39, 0.29) is 18.5 Å². The second-order valence-corrected chi connectivity index (χ2v) is 2.88. The molecule has 0 bridgehead atoms. The molecular formula is C10H8F3N2. The molecule has 0 saturated carbocycles. The van der Waals surface area contributed by atoms with Crippen molar-refractivity contribution in [2.45, 2.75) is 19.0 Å². The first kappa shape index (κ1) is 11.5. The monoisotopic (exact) mass is 213 g/mol. The van der Waals surface area contributed by atoms with E-state index in [1.54, 1.807) is 0 Å². The molecule has 0 aliphatic heterocycles. The molecule has 0 atom stereocenters. The summed E-state index contributed by atoms with van der Waals surface area (Å²) in [4.78, 5) is 3.44. The lowest BCUT2D eigenvalue weighted by Gasteiger charge is -2.09. The molecule has 5 heteroatoms. The molecule has 1 radical (unpaired) electrons. The molecule has 0 N–H and O–H groups in total. The van der Waals surface area contributed by atoms with Gasteiger partial charge in [0.15, 0.2) is 0 Å². The van der Waals surface area contributed by atoms with Crippen molar-refractivity contribution in [2.24, 2.45) is 0 Å². The summed E-state index contributed by atoms with van der Waals surface area (Å²) in [6.45, 7) is 3.48. The number of pyridine rings is 1. The molecule has 1 aromatic heterocycles. The standard InChI is InChI=1S/C10H8F3N2/c1-2-8-7(5-6-14)3-4-9(15-8)10(11,12)13/h3-4H,1-2,5H2. The Labute approximate surface area is 85.4 Å². The Hall–Kier alpha value is -1.57. The number of aromatic nitrogens is 1. The average Bonchev–Trinajstić information content (AvgIpc) is 2.17. The molecule has 0 amide bonds. The second kappa shape index (κ2) is 4.30. The van der Waals surface area contributed by atoms with Crippen molar-refractivity contribution < 1.29 is 13.2 Å². The predicted molar refractivity (Wildman–Crippen MR) is 47.6 cm³/mol. The lowest BCUT2D eigenvalue weighted by atomic mass is 10.1. The van der Waals surface area contributed by atoms with E-state index in [4.69, 9.17) is 5.26 Å². The van der Waals surface area contributed by atoms with E-state index in [9.17, 15) is 13.2 Å². The van der Waals surface area contributed by atoms with Crippen molar-refractivity contribution in [3.8, 4) is 6.07 Å². The van der Waals surface area contributed by atoms with Gasteiger partial charge < -0.3 is 0 Å². The van der Waals surface area contributed by atoms with Crippen molar-refractivity contribution in [3.05, 3.63) is 36.0 Å². The second-order valence-electron chi connectivity index (χ2n) is 2.88. The van der Waals surface area contributed by atoms with Crippen LogP contribution in [0.1, 0.15) is 17.0 Å². The first-order valence-corrected chi connectivity index (χ1v) is 4.21. The van der Waals surface area contributed by atoms with Gasteiger partial charge >= 0.3 is 6.18 Å². The van der Waals surface area contributed by atoms with Crippen LogP contribution in [0.3, 0.4) is 0 Å². The highest BCUT2D eigenvalue weighted by Crippen LogP contribution is 2.28. The average molecular weight is 213 g/mol. The van der Waals surface area contributed by atoms with E-state index in [1.807, 2.05) is 6.07 Å². The SMILES string of the molecule is [CH2]Cc1nc(C(F)(F)F)ccc1CC#N. The largest absolute Gasteiger partial charge is 0.433 e. The first-order valence-electron chi connectivity index (χ1n) is 4.21. The van der Waals surface area contributed by atoms with Gasteiger partial charge in [-0.25, -0.2) is 4.98 Å². The summed E-state index contributed by atoms with van der Waals surface area (Å²) in [5.74, 6) is 0. The Morgan fingerprint density at radius 2 is 2.07 bits per heavy atom. The third kappa shape index (κ3) is 2.69. The molecule has 1 rings (SSSR count). The lowest BCUT2D eigenvalue weighted by molar-refractivity contribution is -0.141. The molecule has 0 saturated heterocycles. The van der Waals surface area contributed by atoms with Crippen LogP contribution >= 0.6 is 0 Å². The molecule has 2 nitrogen and oxygen atoms in total. The van der Waals surface area contributed by atoms with Gasteiger partial charge in [-0.15, -0.1) is 0 Å². The van der Waals surface area contributed by atoms with Crippen LogP contribution in [0.15, 0.2) is 12.1 Å². The fourth-order valence-corrected chi connectivity index (χ4v) is 1.15. The smallest absolute Gasteiger partial charge is 0.248 e. The third-order valence-corrected chi connectivity index (χ3v) is 1.87. The number of halogens is 3. The topological polar surface area (TPSA) is 36.7 Å². The van der Waals surface area contributed by atoms with Gasteiger partial charge in [0.1, 0.15) is 5.69 Å². The van der Waals surface area contributed by atoms with E-state index in [0.717, 1.165) is 6.07 Å². The van der Waals surface area contributed by atoms with Crippen LogP contribution in [-0.2, 0) is 19.0 Å². The Morgan fingerprint density at radius 1 is 1.40 bits per heavy atom. The van der Waals surface area contributed by atoms with Crippen molar-refractivity contribution in [2.75, 3.05) is 0 Å². The quantitative estimate of drug-likeness (QED) is 0.756. The van der Waals surface area contributed by atoms with E-state index >= 15 is 0 Å². The van der Waals surface area contributed by atoms with Gasteiger partial charge in [-0.3, -0.25) is 0 Å². The van der Waals surface area contributed by atoms with E-state index in [1.165, 1.54) is 6.07 Å². The van der Waals surface area contributed by atoms with Crippen molar-refractivity contribution >= 4 is 0 Å². The zero-order valence-electron chi connectivity index (χ0n) is 7.80. The van der Waals surface area contributed by atoms with E-state index in [0.29, 0.717) is 5.56 Å². The molecule has 1 heterocycles. The van der Waals surface area contributed by atoms with Crippen molar-refractivity contribution in [1.29, 1.82) is 5.26 Å². The normalized spacial score (nSPS) is 11.1. The number of nitriles is 1. The van der Waals surface area contributed by atoms with Gasteiger partial charge in [0.05, 0.1) is 12.5 Å². The number of rotatable bonds is 2. The fourth-order valence-electron chi connectivity index (χ4n) is 1.15. The molecule has 1 aromatic rings. The summed E-state index contributed by atoms with van der Waals surface area (Å²) < 4.78 is 36.8. The summed E-state index contributed by atoms with van der Waals surface area (Å²) in [7, 11) is 0. The fraction of sp³-hybridized carbons (Fsp3) is 0.300. The van der Waals surface area contributed by atoms with Gasteiger partial charge in [0.25, 0.3) is 0 Å². The first-order chi connectivity index (χ1) is 6.99. The summed E-state index contributed by atoms with van der Waals surface area (Å²) in [5.41, 5.74) is -0.213. The third-order valence-electron chi connectivity index (χ3n) is 1.87. The zero-order valence-corrected chi connectivity index (χ0v) is 7.80. The Kier molecular flexibility index (Phi) is 3.30. The molecule has 15 heavy (non-hydrogen) atoms. The van der Waals surface area contributed by atoms with Crippen LogP contribution in [0, 0.1) is 18.3 Å². The van der Waals surface area contributed by atoms with Gasteiger partial charge in [-0.05, 0) is 25.0 Å². The highest BCUT2D eigenvalue weighted by molar-refractivity contribution is 5.27. The predicted octanol–water partition coefficient (Wildman–Crippen LogP) is 2.54. The van der Waals surface area contributed by atoms with Crippen LogP contribution in [0.25, 0.3) is 0 Å². The minimum atomic E-state index is -4.45. The number of hydrogen-bond donors (Lipinski definition) is 0. The molecule has 79 valence electrons. The Bertz CT molecular complexity index is 391. The van der Waals surface area contributed by atoms with Crippen molar-refractivity contribution in [3.63, 3.8) is 0 Å². The molecule has 0 aromatic carbocycles. The highest BCUT2D eigenvalue weighted by atomic mass is 19.4. The zero-order chi connectivity index (χ0) is 11.5. The minimum Gasteiger partial charge on any atom is -0.248 e. The summed E-state index contributed by atoms with van der Waals surface area (Å²) in [5, 5.41) is 8.45. The van der Waals surface area contributed by atoms with E-state index < -0.39 is 11.9 Å². The van der Waals surface area contributed by atoms with Gasteiger partial charge in [-0.1, -0.05) is 6.07 Å². The Balaban J connectivity index is 3.14. The van der Waals surface area contributed by atoms with Gasteiger partial charge in [-0.2, -0.15) is 18.4 Å². The molecular weight excluding hydrogens is 205 g/mol. The maximum absolute atomic E-state index is 12.3. The van der Waals surface area contributed by atoms with Crippen LogP contribution < -0.4 is 0 Å². The number of hydrogen-bond acceptors (Lipinski definition) is 2. The molecule has 0 aliphatic carbocycles. The Morgan fingerprint density at radius 3 is 2.53 bits per heavy atom. The number of alkyl halides is 3. The summed E-state index contributed by atoms with van der Waals surface area (Å²) in [6.07, 6.45) is -4.26. The number of nitrogens with zero attached hydrogens (tertiary/aromatic N) is 2. The van der Waals surface area contributed by atoms with Crippen molar-refractivity contribution in [1.82, 2.24) is 4.98 Å². The maximum Gasteiger partial charge on any atom is 0.433 e.